The minimum absolute atomic E-state index is 0.149. The highest BCUT2D eigenvalue weighted by Gasteiger charge is 2.37. The Morgan fingerprint density at radius 2 is 2.11 bits per heavy atom. The molecule has 0 spiro atoms. The number of rotatable bonds is 3. The smallest absolute Gasteiger partial charge is 0.211 e. The zero-order valence-corrected chi connectivity index (χ0v) is 12.2. The van der Waals surface area contributed by atoms with Crippen molar-refractivity contribution in [1.82, 2.24) is 4.31 Å². The van der Waals surface area contributed by atoms with E-state index in [1.807, 2.05) is 0 Å². The highest BCUT2D eigenvalue weighted by Crippen LogP contribution is 2.44. The van der Waals surface area contributed by atoms with Crippen LogP contribution >= 0.6 is 0 Å². The molecule has 2 rings (SSSR count). The van der Waals surface area contributed by atoms with Crippen LogP contribution in [0.15, 0.2) is 0 Å². The standard InChI is InChI=1S/C13H25NO3S/c1-13(6-5-12(15)9-13)8-11-4-3-7-14(10-11)18(2,16)17/h11-12,15H,3-10H2,1-2H3. The van der Waals surface area contributed by atoms with Crippen LogP contribution in [0.2, 0.25) is 0 Å². The number of nitrogens with zero attached hydrogens (tertiary/aromatic N) is 1. The molecule has 0 aromatic heterocycles. The van der Waals surface area contributed by atoms with Gasteiger partial charge in [0.25, 0.3) is 0 Å². The number of hydrogen-bond acceptors (Lipinski definition) is 3. The zero-order chi connectivity index (χ0) is 13.4. The van der Waals surface area contributed by atoms with E-state index >= 15 is 0 Å². The quantitative estimate of drug-likeness (QED) is 0.851. The molecule has 1 aliphatic carbocycles. The Bertz CT molecular complexity index is 395. The SMILES string of the molecule is CC1(CC2CCCN(S(C)(=O)=O)C2)CCC(O)C1. The van der Waals surface area contributed by atoms with E-state index in [0.29, 0.717) is 19.0 Å². The third-order valence-electron chi connectivity index (χ3n) is 4.54. The van der Waals surface area contributed by atoms with Gasteiger partial charge < -0.3 is 5.11 Å². The maximum absolute atomic E-state index is 11.6. The van der Waals surface area contributed by atoms with Crippen molar-refractivity contribution in [2.45, 2.75) is 51.6 Å². The first-order valence-electron chi connectivity index (χ1n) is 6.92. The Balaban J connectivity index is 1.94. The lowest BCUT2D eigenvalue weighted by molar-refractivity contribution is 0.139. The second-order valence-electron chi connectivity index (χ2n) is 6.54. The first-order chi connectivity index (χ1) is 8.28. The molecule has 5 heteroatoms. The molecular formula is C13H25NO3S. The van der Waals surface area contributed by atoms with E-state index in [-0.39, 0.29) is 11.5 Å². The molecule has 1 N–H and O–H groups in total. The maximum atomic E-state index is 11.6. The van der Waals surface area contributed by atoms with Crippen LogP contribution in [0.5, 0.6) is 0 Å². The number of aliphatic hydroxyl groups excluding tert-OH is 1. The summed E-state index contributed by atoms with van der Waals surface area (Å²) < 4.78 is 24.8. The van der Waals surface area contributed by atoms with Crippen molar-refractivity contribution in [3.8, 4) is 0 Å². The molecule has 18 heavy (non-hydrogen) atoms. The summed E-state index contributed by atoms with van der Waals surface area (Å²) in [7, 11) is -3.04. The van der Waals surface area contributed by atoms with Gasteiger partial charge >= 0.3 is 0 Å². The highest BCUT2D eigenvalue weighted by molar-refractivity contribution is 7.88. The first-order valence-corrected chi connectivity index (χ1v) is 8.77. The van der Waals surface area contributed by atoms with Gasteiger partial charge in [-0.3, -0.25) is 0 Å². The van der Waals surface area contributed by atoms with Crippen molar-refractivity contribution in [2.24, 2.45) is 11.3 Å². The molecule has 2 fully saturated rings. The van der Waals surface area contributed by atoms with Crippen LogP contribution in [0.25, 0.3) is 0 Å². The molecule has 1 saturated heterocycles. The summed E-state index contributed by atoms with van der Waals surface area (Å²) in [5.74, 6) is 0.462. The molecule has 2 aliphatic rings. The predicted octanol–water partition coefficient (Wildman–Crippen LogP) is 1.60. The lowest BCUT2D eigenvalue weighted by Crippen LogP contribution is -2.40. The van der Waals surface area contributed by atoms with E-state index < -0.39 is 10.0 Å². The summed E-state index contributed by atoms with van der Waals surface area (Å²) in [4.78, 5) is 0. The van der Waals surface area contributed by atoms with Crippen LogP contribution in [-0.4, -0.2) is 43.3 Å². The lowest BCUT2D eigenvalue weighted by Gasteiger charge is -2.35. The van der Waals surface area contributed by atoms with Gasteiger partial charge in [-0.1, -0.05) is 6.92 Å². The Labute approximate surface area is 110 Å². The van der Waals surface area contributed by atoms with Gasteiger partial charge in [0.2, 0.25) is 10.0 Å². The molecule has 0 aromatic rings. The van der Waals surface area contributed by atoms with E-state index in [1.54, 1.807) is 4.31 Å². The number of hydrogen-bond donors (Lipinski definition) is 1. The molecule has 0 aromatic carbocycles. The molecule has 0 bridgehead atoms. The average Bonchev–Trinajstić information content (AvgIpc) is 2.57. The van der Waals surface area contributed by atoms with Crippen molar-refractivity contribution in [1.29, 1.82) is 0 Å². The van der Waals surface area contributed by atoms with Crippen LogP contribution < -0.4 is 0 Å². The van der Waals surface area contributed by atoms with Gasteiger partial charge in [0.1, 0.15) is 0 Å². The monoisotopic (exact) mass is 275 g/mol. The normalized spacial score (nSPS) is 39.1. The van der Waals surface area contributed by atoms with Crippen molar-refractivity contribution in [3.63, 3.8) is 0 Å². The second-order valence-corrected chi connectivity index (χ2v) is 8.52. The topological polar surface area (TPSA) is 57.6 Å². The lowest BCUT2D eigenvalue weighted by atomic mass is 9.77. The Hall–Kier alpha value is -0.130. The van der Waals surface area contributed by atoms with Gasteiger partial charge in [0, 0.05) is 13.1 Å². The largest absolute Gasteiger partial charge is 0.393 e. The summed E-state index contributed by atoms with van der Waals surface area (Å²) >= 11 is 0. The third-order valence-corrected chi connectivity index (χ3v) is 5.81. The van der Waals surface area contributed by atoms with E-state index in [0.717, 1.165) is 38.5 Å². The van der Waals surface area contributed by atoms with Gasteiger partial charge in [0.15, 0.2) is 0 Å². The molecule has 0 radical (unpaired) electrons. The van der Waals surface area contributed by atoms with Gasteiger partial charge in [-0.05, 0) is 49.9 Å². The molecular weight excluding hydrogens is 250 g/mol. The van der Waals surface area contributed by atoms with Gasteiger partial charge in [-0.25, -0.2) is 12.7 Å². The maximum Gasteiger partial charge on any atom is 0.211 e. The van der Waals surface area contributed by atoms with E-state index in [4.69, 9.17) is 0 Å². The molecule has 3 atom stereocenters. The van der Waals surface area contributed by atoms with Crippen LogP contribution in [0.3, 0.4) is 0 Å². The highest BCUT2D eigenvalue weighted by atomic mass is 32.2. The second kappa shape index (κ2) is 5.10. The summed E-state index contributed by atoms with van der Waals surface area (Å²) in [6.07, 6.45) is 7.15. The fourth-order valence-corrected chi connectivity index (χ4v) is 4.61. The molecule has 0 amide bonds. The zero-order valence-electron chi connectivity index (χ0n) is 11.4. The number of aliphatic hydroxyl groups is 1. The molecule has 3 unspecified atom stereocenters. The number of piperidine rings is 1. The predicted molar refractivity (Wildman–Crippen MR) is 71.7 cm³/mol. The van der Waals surface area contributed by atoms with Crippen molar-refractivity contribution in [2.75, 3.05) is 19.3 Å². The van der Waals surface area contributed by atoms with E-state index in [2.05, 4.69) is 6.92 Å². The summed E-state index contributed by atoms with van der Waals surface area (Å²) in [5.41, 5.74) is 0.213. The third kappa shape index (κ3) is 3.45. The Kier molecular flexibility index (Phi) is 4.04. The van der Waals surface area contributed by atoms with Crippen LogP contribution in [-0.2, 0) is 10.0 Å². The van der Waals surface area contributed by atoms with Crippen molar-refractivity contribution < 1.29 is 13.5 Å². The molecule has 1 saturated carbocycles. The van der Waals surface area contributed by atoms with Crippen LogP contribution in [0.1, 0.15) is 45.4 Å². The minimum atomic E-state index is -3.04. The Morgan fingerprint density at radius 1 is 1.39 bits per heavy atom. The minimum Gasteiger partial charge on any atom is -0.393 e. The number of sulfonamides is 1. The van der Waals surface area contributed by atoms with Crippen molar-refractivity contribution >= 4 is 10.0 Å². The molecule has 1 heterocycles. The summed E-state index contributed by atoms with van der Waals surface area (Å²) in [5, 5.41) is 9.67. The molecule has 106 valence electrons. The average molecular weight is 275 g/mol. The first kappa shape index (κ1) is 14.3. The fourth-order valence-electron chi connectivity index (χ4n) is 3.67. The van der Waals surface area contributed by atoms with Gasteiger partial charge in [-0.15, -0.1) is 0 Å². The van der Waals surface area contributed by atoms with E-state index in [9.17, 15) is 13.5 Å². The summed E-state index contributed by atoms with van der Waals surface area (Å²) in [6.45, 7) is 3.59. The van der Waals surface area contributed by atoms with Gasteiger partial charge in [-0.2, -0.15) is 0 Å². The van der Waals surface area contributed by atoms with Crippen LogP contribution in [0.4, 0.5) is 0 Å². The van der Waals surface area contributed by atoms with Gasteiger partial charge in [0.05, 0.1) is 12.4 Å². The Morgan fingerprint density at radius 3 is 2.67 bits per heavy atom. The molecule has 1 aliphatic heterocycles. The fraction of sp³-hybridized carbons (Fsp3) is 1.00. The van der Waals surface area contributed by atoms with Crippen LogP contribution in [0, 0.1) is 11.3 Å². The van der Waals surface area contributed by atoms with E-state index in [1.165, 1.54) is 6.26 Å². The summed E-state index contributed by atoms with van der Waals surface area (Å²) in [6, 6.07) is 0. The van der Waals surface area contributed by atoms with Crippen molar-refractivity contribution in [3.05, 3.63) is 0 Å². The molecule has 4 nitrogen and oxygen atoms in total.